The number of rotatable bonds is 5. The molecule has 1 aliphatic heterocycles. The van der Waals surface area contributed by atoms with Crippen LogP contribution in [-0.4, -0.2) is 43.7 Å². The zero-order chi connectivity index (χ0) is 14.4. The topological polar surface area (TPSA) is 41.6 Å². The summed E-state index contributed by atoms with van der Waals surface area (Å²) in [6, 6.07) is 8.29. The number of nitrogens with zero attached hydrogens (tertiary/aromatic N) is 1. The van der Waals surface area contributed by atoms with E-state index in [9.17, 15) is 4.79 Å². The van der Waals surface area contributed by atoms with Crippen LogP contribution in [0, 0.1) is 0 Å². The summed E-state index contributed by atoms with van der Waals surface area (Å²) in [5.74, 6) is 0.691. The molecule has 2 rings (SSSR count). The van der Waals surface area contributed by atoms with Crippen molar-refractivity contribution in [1.82, 2.24) is 4.90 Å². The molecular formula is C16H24N2O2. The molecule has 0 bridgehead atoms. The minimum absolute atomic E-state index is 0.211. The first-order valence-corrected chi connectivity index (χ1v) is 7.37. The Kier molecular flexibility index (Phi) is 5.41. The van der Waals surface area contributed by atoms with E-state index in [1.54, 1.807) is 0 Å². The molecule has 0 radical (unpaired) electrons. The quantitative estimate of drug-likeness (QED) is 0.898. The van der Waals surface area contributed by atoms with Gasteiger partial charge in [-0.25, -0.2) is 0 Å². The lowest BCUT2D eigenvalue weighted by atomic mass is 10.0. The molecule has 0 saturated carbocycles. The minimum Gasteiger partial charge on any atom is -0.384 e. The maximum atomic E-state index is 12.0. The predicted molar refractivity (Wildman–Crippen MR) is 81.0 cm³/mol. The fourth-order valence-corrected chi connectivity index (χ4v) is 2.44. The van der Waals surface area contributed by atoms with E-state index in [0.717, 1.165) is 18.8 Å². The third-order valence-corrected chi connectivity index (χ3v) is 3.60. The van der Waals surface area contributed by atoms with Crippen LogP contribution in [0.3, 0.4) is 0 Å². The molecule has 0 spiro atoms. The highest BCUT2D eigenvalue weighted by molar-refractivity contribution is 5.76. The number of nitrogens with one attached hydrogen (secondary N) is 1. The Labute approximate surface area is 121 Å². The third kappa shape index (κ3) is 3.97. The molecule has 0 aromatic heterocycles. The molecule has 1 aromatic carbocycles. The van der Waals surface area contributed by atoms with Gasteiger partial charge in [-0.05, 0) is 17.5 Å². The SMILES string of the molecule is CC(C)c1ccccc1NCCC(=O)N1CCOCC1. The fraction of sp³-hybridized carbons (Fsp3) is 0.562. The van der Waals surface area contributed by atoms with Crippen molar-refractivity contribution in [2.45, 2.75) is 26.2 Å². The van der Waals surface area contributed by atoms with Gasteiger partial charge in [0, 0.05) is 31.7 Å². The first-order chi connectivity index (χ1) is 9.68. The molecule has 4 nitrogen and oxygen atoms in total. The summed E-state index contributed by atoms with van der Waals surface area (Å²) in [4.78, 5) is 13.9. The zero-order valence-corrected chi connectivity index (χ0v) is 12.4. The van der Waals surface area contributed by atoms with Gasteiger partial charge in [0.25, 0.3) is 0 Å². The van der Waals surface area contributed by atoms with Crippen molar-refractivity contribution >= 4 is 11.6 Å². The Morgan fingerprint density at radius 2 is 2.00 bits per heavy atom. The Morgan fingerprint density at radius 3 is 2.70 bits per heavy atom. The van der Waals surface area contributed by atoms with Gasteiger partial charge >= 0.3 is 0 Å². The van der Waals surface area contributed by atoms with Gasteiger partial charge in [0.2, 0.25) is 5.91 Å². The number of carbonyl (C=O) groups excluding carboxylic acids is 1. The Bertz CT molecular complexity index is 440. The van der Waals surface area contributed by atoms with Crippen molar-refractivity contribution in [3.8, 4) is 0 Å². The molecule has 110 valence electrons. The molecule has 1 heterocycles. The van der Waals surface area contributed by atoms with Gasteiger partial charge in [-0.3, -0.25) is 4.79 Å². The molecule has 1 aliphatic rings. The summed E-state index contributed by atoms with van der Waals surface area (Å²) in [6.07, 6.45) is 0.534. The van der Waals surface area contributed by atoms with Crippen LogP contribution in [-0.2, 0) is 9.53 Å². The van der Waals surface area contributed by atoms with Gasteiger partial charge in [-0.1, -0.05) is 32.0 Å². The van der Waals surface area contributed by atoms with E-state index < -0.39 is 0 Å². The lowest BCUT2D eigenvalue weighted by Crippen LogP contribution is -2.41. The number of anilines is 1. The molecule has 1 N–H and O–H groups in total. The highest BCUT2D eigenvalue weighted by Gasteiger charge is 2.16. The average Bonchev–Trinajstić information content (AvgIpc) is 2.48. The van der Waals surface area contributed by atoms with E-state index >= 15 is 0 Å². The van der Waals surface area contributed by atoms with Crippen LogP contribution in [0.15, 0.2) is 24.3 Å². The number of hydrogen-bond donors (Lipinski definition) is 1. The fourth-order valence-electron chi connectivity index (χ4n) is 2.44. The summed E-state index contributed by atoms with van der Waals surface area (Å²) < 4.78 is 5.26. The van der Waals surface area contributed by atoms with E-state index in [1.165, 1.54) is 5.56 Å². The van der Waals surface area contributed by atoms with Crippen LogP contribution in [0.5, 0.6) is 0 Å². The molecule has 1 aromatic rings. The summed E-state index contributed by atoms with van der Waals surface area (Å²) in [5, 5.41) is 3.39. The van der Waals surface area contributed by atoms with E-state index in [2.05, 4.69) is 37.4 Å². The lowest BCUT2D eigenvalue weighted by Gasteiger charge is -2.27. The smallest absolute Gasteiger partial charge is 0.224 e. The van der Waals surface area contributed by atoms with Gasteiger partial charge in [0.15, 0.2) is 0 Å². The van der Waals surface area contributed by atoms with Crippen LogP contribution in [0.4, 0.5) is 5.69 Å². The van der Waals surface area contributed by atoms with Gasteiger partial charge in [-0.2, -0.15) is 0 Å². The molecule has 1 amide bonds. The Morgan fingerprint density at radius 1 is 1.30 bits per heavy atom. The van der Waals surface area contributed by atoms with E-state index in [1.807, 2.05) is 11.0 Å². The molecule has 20 heavy (non-hydrogen) atoms. The maximum absolute atomic E-state index is 12.0. The van der Waals surface area contributed by atoms with Crippen molar-refractivity contribution in [3.63, 3.8) is 0 Å². The van der Waals surface area contributed by atoms with Crippen molar-refractivity contribution in [1.29, 1.82) is 0 Å². The predicted octanol–water partition coefficient (Wildman–Crippen LogP) is 2.47. The average molecular weight is 276 g/mol. The van der Waals surface area contributed by atoms with Crippen molar-refractivity contribution < 1.29 is 9.53 Å². The first-order valence-electron chi connectivity index (χ1n) is 7.37. The number of hydrogen-bond acceptors (Lipinski definition) is 3. The molecule has 0 atom stereocenters. The van der Waals surface area contributed by atoms with Crippen LogP contribution in [0.2, 0.25) is 0 Å². The number of para-hydroxylation sites is 1. The van der Waals surface area contributed by atoms with Gasteiger partial charge in [0.1, 0.15) is 0 Å². The maximum Gasteiger partial charge on any atom is 0.224 e. The van der Waals surface area contributed by atoms with Crippen LogP contribution in [0.1, 0.15) is 31.7 Å². The molecule has 0 unspecified atom stereocenters. The standard InChI is InChI=1S/C16H24N2O2/c1-13(2)14-5-3-4-6-15(14)17-8-7-16(19)18-9-11-20-12-10-18/h3-6,13,17H,7-12H2,1-2H3. The number of benzene rings is 1. The summed E-state index contributed by atoms with van der Waals surface area (Å²) in [6.45, 7) is 7.81. The summed E-state index contributed by atoms with van der Waals surface area (Å²) in [5.41, 5.74) is 2.43. The highest BCUT2D eigenvalue weighted by atomic mass is 16.5. The largest absolute Gasteiger partial charge is 0.384 e. The van der Waals surface area contributed by atoms with Crippen LogP contribution < -0.4 is 5.32 Å². The van der Waals surface area contributed by atoms with Crippen molar-refractivity contribution in [2.24, 2.45) is 0 Å². The Balaban J connectivity index is 1.82. The molecule has 1 saturated heterocycles. The molecular weight excluding hydrogens is 252 g/mol. The van der Waals surface area contributed by atoms with E-state index in [4.69, 9.17) is 4.74 Å². The number of amides is 1. The first kappa shape index (κ1) is 14.9. The lowest BCUT2D eigenvalue weighted by molar-refractivity contribution is -0.134. The normalized spacial score (nSPS) is 15.4. The van der Waals surface area contributed by atoms with Gasteiger partial charge in [0.05, 0.1) is 13.2 Å². The monoisotopic (exact) mass is 276 g/mol. The van der Waals surface area contributed by atoms with Gasteiger partial charge < -0.3 is 15.0 Å². The Hall–Kier alpha value is -1.55. The summed E-state index contributed by atoms with van der Waals surface area (Å²) >= 11 is 0. The van der Waals surface area contributed by atoms with Crippen molar-refractivity contribution in [3.05, 3.63) is 29.8 Å². The third-order valence-electron chi connectivity index (χ3n) is 3.60. The number of morpholine rings is 1. The zero-order valence-electron chi connectivity index (χ0n) is 12.4. The van der Waals surface area contributed by atoms with E-state index in [0.29, 0.717) is 32.1 Å². The number of ether oxygens (including phenoxy) is 1. The minimum atomic E-state index is 0.211. The van der Waals surface area contributed by atoms with Crippen LogP contribution >= 0.6 is 0 Å². The van der Waals surface area contributed by atoms with E-state index in [-0.39, 0.29) is 5.91 Å². The van der Waals surface area contributed by atoms with Gasteiger partial charge in [-0.15, -0.1) is 0 Å². The highest BCUT2D eigenvalue weighted by Crippen LogP contribution is 2.23. The number of carbonyl (C=O) groups is 1. The molecule has 1 fully saturated rings. The summed E-state index contributed by atoms with van der Waals surface area (Å²) in [7, 11) is 0. The second kappa shape index (κ2) is 7.29. The second-order valence-electron chi connectivity index (χ2n) is 5.41. The second-order valence-corrected chi connectivity index (χ2v) is 5.41. The molecule has 0 aliphatic carbocycles. The molecule has 4 heteroatoms. The van der Waals surface area contributed by atoms with Crippen LogP contribution in [0.25, 0.3) is 0 Å². The van der Waals surface area contributed by atoms with Crippen molar-refractivity contribution in [2.75, 3.05) is 38.2 Å².